The number of unbranched alkanes of at least 4 members (excludes halogenated alkanes) is 1. The largest absolute Gasteiger partial charge is 0.491 e. The van der Waals surface area contributed by atoms with E-state index in [0.717, 1.165) is 38.5 Å². The highest BCUT2D eigenvalue weighted by molar-refractivity contribution is 5.91. The number of benzene rings is 1. The van der Waals surface area contributed by atoms with E-state index in [1.807, 2.05) is 0 Å². The van der Waals surface area contributed by atoms with E-state index < -0.39 is 0 Å². The van der Waals surface area contributed by atoms with Crippen LogP contribution in [0.3, 0.4) is 0 Å². The Bertz CT molecular complexity index is 453. The molecule has 4 heteroatoms. The van der Waals surface area contributed by atoms with Crippen LogP contribution in [-0.2, 0) is 4.74 Å². The molecule has 0 atom stereocenters. The molecule has 0 heterocycles. The summed E-state index contributed by atoms with van der Waals surface area (Å²) in [6.45, 7) is 2.75. The van der Waals surface area contributed by atoms with Crippen molar-refractivity contribution in [1.82, 2.24) is 0 Å². The fourth-order valence-electron chi connectivity index (χ4n) is 2.36. The first-order valence-electron chi connectivity index (χ1n) is 7.44. The molecule has 1 saturated carbocycles. The molecule has 2 N–H and O–H groups in total. The average molecular weight is 277 g/mol. The number of esters is 1. The lowest BCUT2D eigenvalue weighted by Gasteiger charge is -2.13. The molecule has 1 aromatic rings. The quantitative estimate of drug-likeness (QED) is 0.491. The van der Waals surface area contributed by atoms with E-state index in [-0.39, 0.29) is 12.1 Å². The van der Waals surface area contributed by atoms with Gasteiger partial charge in [-0.15, -0.1) is 0 Å². The third-order valence-corrected chi connectivity index (χ3v) is 3.58. The summed E-state index contributed by atoms with van der Waals surface area (Å²) in [5.74, 6) is 0.347. The van der Waals surface area contributed by atoms with Crippen molar-refractivity contribution in [3.05, 3.63) is 23.8 Å². The van der Waals surface area contributed by atoms with Crippen LogP contribution in [0.1, 0.15) is 55.8 Å². The second-order valence-corrected chi connectivity index (χ2v) is 5.27. The van der Waals surface area contributed by atoms with Crippen LogP contribution in [0.2, 0.25) is 0 Å². The summed E-state index contributed by atoms with van der Waals surface area (Å²) in [5.41, 5.74) is 6.90. The van der Waals surface area contributed by atoms with Crippen molar-refractivity contribution in [2.45, 2.75) is 51.6 Å². The Kier molecular flexibility index (Phi) is 5.27. The van der Waals surface area contributed by atoms with Crippen molar-refractivity contribution >= 4 is 11.7 Å². The predicted molar refractivity (Wildman–Crippen MR) is 78.9 cm³/mol. The van der Waals surface area contributed by atoms with Gasteiger partial charge in [-0.3, -0.25) is 0 Å². The maximum absolute atomic E-state index is 12.0. The Morgan fingerprint density at radius 1 is 1.35 bits per heavy atom. The van der Waals surface area contributed by atoms with Crippen molar-refractivity contribution in [1.29, 1.82) is 0 Å². The molecule has 0 aromatic heterocycles. The molecular weight excluding hydrogens is 254 g/mol. The van der Waals surface area contributed by atoms with E-state index in [1.165, 1.54) is 0 Å². The summed E-state index contributed by atoms with van der Waals surface area (Å²) in [5, 5.41) is 0. The van der Waals surface area contributed by atoms with Crippen molar-refractivity contribution in [3.8, 4) is 5.75 Å². The number of rotatable bonds is 6. The minimum atomic E-state index is -0.288. The highest BCUT2D eigenvalue weighted by Crippen LogP contribution is 2.25. The number of carbonyl (C=O) groups excluding carboxylic acids is 1. The van der Waals surface area contributed by atoms with E-state index in [0.29, 0.717) is 23.6 Å². The van der Waals surface area contributed by atoms with Crippen LogP contribution in [0.4, 0.5) is 5.69 Å². The molecular formula is C16H23NO3. The van der Waals surface area contributed by atoms with Gasteiger partial charge in [0.1, 0.15) is 11.9 Å². The van der Waals surface area contributed by atoms with Gasteiger partial charge in [-0.2, -0.15) is 0 Å². The highest BCUT2D eigenvalue weighted by Gasteiger charge is 2.20. The van der Waals surface area contributed by atoms with Gasteiger partial charge in [0.05, 0.1) is 17.9 Å². The number of nitrogens with two attached hydrogens (primary N) is 1. The smallest absolute Gasteiger partial charge is 0.338 e. The van der Waals surface area contributed by atoms with Gasteiger partial charge < -0.3 is 15.2 Å². The van der Waals surface area contributed by atoms with Gasteiger partial charge >= 0.3 is 5.97 Å². The maximum Gasteiger partial charge on any atom is 0.338 e. The Morgan fingerprint density at radius 2 is 2.10 bits per heavy atom. The first kappa shape index (κ1) is 14.7. The van der Waals surface area contributed by atoms with Crippen molar-refractivity contribution in [3.63, 3.8) is 0 Å². The van der Waals surface area contributed by atoms with E-state index in [2.05, 4.69) is 6.92 Å². The summed E-state index contributed by atoms with van der Waals surface area (Å²) in [7, 11) is 0. The molecule has 0 unspecified atom stereocenters. The monoisotopic (exact) mass is 277 g/mol. The van der Waals surface area contributed by atoms with Gasteiger partial charge in [0, 0.05) is 0 Å². The van der Waals surface area contributed by atoms with Crippen molar-refractivity contribution in [2.75, 3.05) is 12.3 Å². The Morgan fingerprint density at radius 3 is 2.75 bits per heavy atom. The summed E-state index contributed by atoms with van der Waals surface area (Å²) in [4.78, 5) is 12.0. The van der Waals surface area contributed by atoms with Gasteiger partial charge in [-0.05, 0) is 50.3 Å². The molecule has 0 spiro atoms. The molecule has 1 aromatic carbocycles. The molecule has 0 radical (unpaired) electrons. The minimum absolute atomic E-state index is 0.0733. The Balaban J connectivity index is 1.94. The molecule has 1 aliphatic rings. The predicted octanol–water partition coefficient (Wildman–Crippen LogP) is 3.55. The van der Waals surface area contributed by atoms with E-state index in [4.69, 9.17) is 15.2 Å². The number of anilines is 1. The standard InChI is InChI=1S/C16H23NO3/c1-2-3-10-19-15-9-8-12(11-14(15)17)16(18)20-13-6-4-5-7-13/h8-9,11,13H,2-7,10,17H2,1H3. The summed E-state index contributed by atoms with van der Waals surface area (Å²) >= 11 is 0. The lowest BCUT2D eigenvalue weighted by atomic mass is 10.2. The summed E-state index contributed by atoms with van der Waals surface area (Å²) in [6.07, 6.45) is 6.37. The van der Waals surface area contributed by atoms with Crippen molar-refractivity contribution in [2.24, 2.45) is 0 Å². The van der Waals surface area contributed by atoms with Gasteiger partial charge in [0.15, 0.2) is 0 Å². The third-order valence-electron chi connectivity index (χ3n) is 3.58. The van der Waals surface area contributed by atoms with Crippen LogP contribution in [0.25, 0.3) is 0 Å². The number of hydrogen-bond donors (Lipinski definition) is 1. The van der Waals surface area contributed by atoms with Crippen LogP contribution < -0.4 is 10.5 Å². The van der Waals surface area contributed by atoms with Gasteiger partial charge in [0.2, 0.25) is 0 Å². The fourth-order valence-corrected chi connectivity index (χ4v) is 2.36. The highest BCUT2D eigenvalue weighted by atomic mass is 16.5. The molecule has 0 amide bonds. The van der Waals surface area contributed by atoms with Gasteiger partial charge in [-0.25, -0.2) is 4.79 Å². The maximum atomic E-state index is 12.0. The first-order chi connectivity index (χ1) is 9.70. The Hall–Kier alpha value is -1.71. The Labute approximate surface area is 120 Å². The molecule has 1 aliphatic carbocycles. The zero-order valence-corrected chi connectivity index (χ0v) is 12.1. The minimum Gasteiger partial charge on any atom is -0.491 e. The average Bonchev–Trinajstić information content (AvgIpc) is 2.93. The third kappa shape index (κ3) is 3.89. The zero-order chi connectivity index (χ0) is 14.4. The lowest BCUT2D eigenvalue weighted by molar-refractivity contribution is 0.0318. The molecule has 0 saturated heterocycles. The molecule has 0 aliphatic heterocycles. The summed E-state index contributed by atoms with van der Waals surface area (Å²) < 4.78 is 11.0. The topological polar surface area (TPSA) is 61.5 Å². The van der Waals surface area contributed by atoms with Crippen LogP contribution >= 0.6 is 0 Å². The zero-order valence-electron chi connectivity index (χ0n) is 12.1. The number of hydrogen-bond acceptors (Lipinski definition) is 4. The molecule has 110 valence electrons. The number of ether oxygens (including phenoxy) is 2. The van der Waals surface area contributed by atoms with Crippen LogP contribution in [0.5, 0.6) is 5.75 Å². The first-order valence-corrected chi connectivity index (χ1v) is 7.44. The normalized spacial score (nSPS) is 15.2. The van der Waals surface area contributed by atoms with Gasteiger partial charge in [0.25, 0.3) is 0 Å². The van der Waals surface area contributed by atoms with E-state index in [1.54, 1.807) is 18.2 Å². The molecule has 2 rings (SSSR count). The van der Waals surface area contributed by atoms with E-state index in [9.17, 15) is 4.79 Å². The fraction of sp³-hybridized carbons (Fsp3) is 0.562. The van der Waals surface area contributed by atoms with Crippen molar-refractivity contribution < 1.29 is 14.3 Å². The molecule has 4 nitrogen and oxygen atoms in total. The van der Waals surface area contributed by atoms with Crippen LogP contribution in [-0.4, -0.2) is 18.7 Å². The lowest BCUT2D eigenvalue weighted by Crippen LogP contribution is -2.15. The van der Waals surface area contributed by atoms with Gasteiger partial charge in [-0.1, -0.05) is 13.3 Å². The molecule has 20 heavy (non-hydrogen) atoms. The van der Waals surface area contributed by atoms with Crippen LogP contribution in [0.15, 0.2) is 18.2 Å². The van der Waals surface area contributed by atoms with E-state index >= 15 is 0 Å². The SMILES string of the molecule is CCCCOc1ccc(C(=O)OC2CCCC2)cc1N. The second-order valence-electron chi connectivity index (χ2n) is 5.27. The summed E-state index contributed by atoms with van der Waals surface area (Å²) in [6, 6.07) is 5.10. The molecule has 1 fully saturated rings. The second kappa shape index (κ2) is 7.17. The molecule has 0 bridgehead atoms. The number of nitrogen functional groups attached to an aromatic ring is 1. The number of carbonyl (C=O) groups is 1. The van der Waals surface area contributed by atoms with Crippen LogP contribution in [0, 0.1) is 0 Å².